The van der Waals surface area contributed by atoms with Crippen molar-refractivity contribution in [1.82, 2.24) is 4.90 Å². The van der Waals surface area contributed by atoms with Crippen LogP contribution in [0.4, 0.5) is 0 Å². The minimum atomic E-state index is -0.495. The van der Waals surface area contributed by atoms with Crippen LogP contribution in [0.2, 0.25) is 0 Å². The van der Waals surface area contributed by atoms with Crippen molar-refractivity contribution in [2.75, 3.05) is 13.1 Å². The third-order valence-electron chi connectivity index (χ3n) is 5.94. The topological polar surface area (TPSA) is 43.7 Å². The predicted octanol–water partition coefficient (Wildman–Crippen LogP) is 4.89. The molecule has 1 aliphatic rings. The molecular weight excluding hydrogens is 346 g/mol. The number of rotatable bonds is 7. The van der Waals surface area contributed by atoms with E-state index >= 15 is 0 Å². The average Bonchev–Trinajstić information content (AvgIpc) is 2.76. The maximum Gasteiger partial charge on any atom is 0.115 e. The van der Waals surface area contributed by atoms with Crippen LogP contribution < -0.4 is 0 Å². The van der Waals surface area contributed by atoms with Gasteiger partial charge >= 0.3 is 0 Å². The van der Waals surface area contributed by atoms with Gasteiger partial charge in [-0.15, -0.1) is 0 Å². The Kier molecular flexibility index (Phi) is 7.14. The molecule has 2 N–H and O–H groups in total. The molecule has 0 amide bonds. The van der Waals surface area contributed by atoms with Gasteiger partial charge in [-0.3, -0.25) is 4.90 Å². The molecule has 1 aliphatic heterocycles. The molecule has 0 saturated heterocycles. The van der Waals surface area contributed by atoms with E-state index in [9.17, 15) is 10.2 Å². The summed E-state index contributed by atoms with van der Waals surface area (Å²) in [5.74, 6) is 0.976. The van der Waals surface area contributed by atoms with Crippen LogP contribution in [0.1, 0.15) is 62.0 Å². The minimum absolute atomic E-state index is 0.0974. The summed E-state index contributed by atoms with van der Waals surface area (Å²) in [7, 11) is 0. The summed E-state index contributed by atoms with van der Waals surface area (Å²) in [6, 6.07) is 14.5. The van der Waals surface area contributed by atoms with Crippen molar-refractivity contribution >= 4 is 0 Å². The van der Waals surface area contributed by atoms with Gasteiger partial charge in [-0.1, -0.05) is 44.2 Å². The van der Waals surface area contributed by atoms with E-state index in [1.807, 2.05) is 6.07 Å². The largest absolute Gasteiger partial charge is 0.508 e. The summed E-state index contributed by atoms with van der Waals surface area (Å²) in [6.45, 7) is 8.58. The molecule has 3 rings (SSSR count). The van der Waals surface area contributed by atoms with Gasteiger partial charge in [0.1, 0.15) is 5.75 Å². The van der Waals surface area contributed by atoms with E-state index in [2.05, 4.69) is 49.9 Å². The number of phenolic OH excluding ortho intramolecular Hbond substituents is 1. The molecule has 3 heteroatoms. The number of hydrogen-bond donors (Lipinski definition) is 2. The Hall–Kier alpha value is -1.84. The van der Waals surface area contributed by atoms with Crippen LogP contribution in [0.3, 0.4) is 0 Å². The van der Waals surface area contributed by atoms with Crippen molar-refractivity contribution in [2.24, 2.45) is 5.92 Å². The number of aromatic hydroxyl groups is 1. The molecule has 152 valence electrons. The van der Waals surface area contributed by atoms with Crippen molar-refractivity contribution in [3.05, 3.63) is 64.7 Å². The van der Waals surface area contributed by atoms with E-state index < -0.39 is 6.10 Å². The quantitative estimate of drug-likeness (QED) is 0.671. The van der Waals surface area contributed by atoms with Crippen LogP contribution in [-0.2, 0) is 19.3 Å². The van der Waals surface area contributed by atoms with Crippen LogP contribution in [0.15, 0.2) is 42.5 Å². The fraction of sp³-hybridized carbons (Fsp3) is 0.520. The molecule has 2 unspecified atom stereocenters. The molecule has 0 radical (unpaired) electrons. The summed E-state index contributed by atoms with van der Waals surface area (Å²) >= 11 is 0. The second kappa shape index (κ2) is 9.58. The zero-order valence-electron chi connectivity index (χ0n) is 17.6. The zero-order chi connectivity index (χ0) is 20.1. The first-order valence-electron chi connectivity index (χ1n) is 10.8. The number of hydrogen-bond acceptors (Lipinski definition) is 3. The summed E-state index contributed by atoms with van der Waals surface area (Å²) in [4.78, 5) is 2.40. The predicted molar refractivity (Wildman–Crippen MR) is 116 cm³/mol. The zero-order valence-corrected chi connectivity index (χ0v) is 17.6. The Morgan fingerprint density at radius 3 is 2.64 bits per heavy atom. The Balaban J connectivity index is 1.51. The van der Waals surface area contributed by atoms with Crippen LogP contribution in [0, 0.1) is 5.92 Å². The lowest BCUT2D eigenvalue weighted by Gasteiger charge is -2.30. The number of aliphatic hydroxyl groups is 1. The minimum Gasteiger partial charge on any atom is -0.508 e. The van der Waals surface area contributed by atoms with Crippen LogP contribution in [0.5, 0.6) is 5.75 Å². The van der Waals surface area contributed by atoms with E-state index in [1.165, 1.54) is 11.1 Å². The van der Waals surface area contributed by atoms with Gasteiger partial charge in [-0.25, -0.2) is 0 Å². The molecule has 28 heavy (non-hydrogen) atoms. The van der Waals surface area contributed by atoms with Gasteiger partial charge in [0.15, 0.2) is 0 Å². The number of benzene rings is 2. The third kappa shape index (κ3) is 5.36. The highest BCUT2D eigenvalue weighted by Crippen LogP contribution is 2.30. The van der Waals surface area contributed by atoms with E-state index in [0.717, 1.165) is 56.3 Å². The highest BCUT2D eigenvalue weighted by Gasteiger charge is 2.28. The molecule has 2 atom stereocenters. The van der Waals surface area contributed by atoms with E-state index in [4.69, 9.17) is 0 Å². The number of phenols is 1. The van der Waals surface area contributed by atoms with Crippen molar-refractivity contribution in [2.45, 2.75) is 65.0 Å². The van der Waals surface area contributed by atoms with Crippen LogP contribution in [-0.4, -0.2) is 34.2 Å². The molecule has 0 aliphatic carbocycles. The van der Waals surface area contributed by atoms with Crippen LogP contribution >= 0.6 is 0 Å². The van der Waals surface area contributed by atoms with Crippen molar-refractivity contribution in [1.29, 1.82) is 0 Å². The van der Waals surface area contributed by atoms with Crippen molar-refractivity contribution in [3.8, 4) is 5.75 Å². The normalized spacial score (nSPS) is 20.2. The second-order valence-corrected chi connectivity index (χ2v) is 8.73. The van der Waals surface area contributed by atoms with E-state index in [-0.39, 0.29) is 11.8 Å². The van der Waals surface area contributed by atoms with Crippen LogP contribution in [0.25, 0.3) is 0 Å². The summed E-state index contributed by atoms with van der Waals surface area (Å²) in [5, 5.41) is 20.5. The van der Waals surface area contributed by atoms with Gasteiger partial charge < -0.3 is 10.2 Å². The standard InChI is InChI=1S/C25H35NO2/c1-18(2)15-21-9-6-8-20(16-21)7-4-5-13-26-14-12-22-17-23(27)10-11-24(22)25(28)19(26)3/h6,8-11,16-19,25,27-28H,4-5,7,12-15H2,1-3H3. The smallest absolute Gasteiger partial charge is 0.115 e. The highest BCUT2D eigenvalue weighted by molar-refractivity contribution is 5.37. The Labute approximate surface area is 170 Å². The number of unbranched alkanes of at least 4 members (excludes halogenated alkanes) is 1. The highest BCUT2D eigenvalue weighted by atomic mass is 16.3. The van der Waals surface area contributed by atoms with E-state index in [1.54, 1.807) is 12.1 Å². The molecule has 2 aromatic rings. The number of fused-ring (bicyclic) bond motifs is 1. The van der Waals surface area contributed by atoms with Gasteiger partial charge in [0, 0.05) is 12.6 Å². The molecular formula is C25H35NO2. The lowest BCUT2D eigenvalue weighted by atomic mass is 9.97. The van der Waals surface area contributed by atoms with Crippen molar-refractivity contribution in [3.63, 3.8) is 0 Å². The molecule has 1 heterocycles. The molecule has 0 spiro atoms. The maximum absolute atomic E-state index is 10.8. The van der Waals surface area contributed by atoms with Gasteiger partial charge in [0.05, 0.1) is 6.10 Å². The van der Waals surface area contributed by atoms with Gasteiger partial charge in [-0.05, 0) is 85.9 Å². The second-order valence-electron chi connectivity index (χ2n) is 8.73. The first-order valence-corrected chi connectivity index (χ1v) is 10.8. The molecule has 0 saturated carbocycles. The van der Waals surface area contributed by atoms with Gasteiger partial charge in [-0.2, -0.15) is 0 Å². The first-order chi connectivity index (χ1) is 13.4. The molecule has 3 nitrogen and oxygen atoms in total. The van der Waals surface area contributed by atoms with Gasteiger partial charge in [0.25, 0.3) is 0 Å². The Morgan fingerprint density at radius 2 is 1.86 bits per heavy atom. The Morgan fingerprint density at radius 1 is 1.07 bits per heavy atom. The number of aryl methyl sites for hydroxylation is 1. The van der Waals surface area contributed by atoms with E-state index in [0.29, 0.717) is 5.92 Å². The molecule has 0 fully saturated rings. The first kappa shape index (κ1) is 20.9. The lowest BCUT2D eigenvalue weighted by Crippen LogP contribution is -2.37. The molecule has 0 bridgehead atoms. The summed E-state index contributed by atoms with van der Waals surface area (Å²) in [6.07, 6.45) is 4.94. The number of aliphatic hydroxyl groups excluding tert-OH is 1. The maximum atomic E-state index is 10.8. The molecule has 2 aromatic carbocycles. The number of nitrogens with zero attached hydrogens (tertiary/aromatic N) is 1. The third-order valence-corrected chi connectivity index (χ3v) is 5.94. The monoisotopic (exact) mass is 381 g/mol. The summed E-state index contributed by atoms with van der Waals surface area (Å²) < 4.78 is 0. The fourth-order valence-electron chi connectivity index (χ4n) is 4.37. The average molecular weight is 382 g/mol. The summed E-state index contributed by atoms with van der Waals surface area (Å²) in [5.41, 5.74) is 4.92. The fourth-order valence-corrected chi connectivity index (χ4v) is 4.37. The van der Waals surface area contributed by atoms with Crippen molar-refractivity contribution < 1.29 is 10.2 Å². The molecule has 0 aromatic heterocycles. The Bertz CT molecular complexity index is 771. The SMILES string of the molecule is CC(C)Cc1cccc(CCCCN2CCc3cc(O)ccc3C(O)C2C)c1. The van der Waals surface area contributed by atoms with Gasteiger partial charge in [0.2, 0.25) is 0 Å². The lowest BCUT2D eigenvalue weighted by molar-refractivity contribution is 0.0635.